The number of anilines is 2. The number of rotatable bonds is 9. The number of nitrogens with one attached hydrogen (secondary N) is 3. The highest BCUT2D eigenvalue weighted by Gasteiger charge is 2.17. The molecule has 3 N–H and O–H groups in total. The Morgan fingerprint density at radius 1 is 0.756 bits per heavy atom. The first-order valence-electron chi connectivity index (χ1n) is 12.9. The molecule has 1 aromatic heterocycles. The Hall–Kier alpha value is -4.66. The maximum atomic E-state index is 13.2. The summed E-state index contributed by atoms with van der Waals surface area (Å²) in [6, 6.07) is 33.6. The van der Waals surface area contributed by atoms with Gasteiger partial charge in [-0.15, -0.1) is 23.1 Å². The van der Waals surface area contributed by atoms with Crippen molar-refractivity contribution >= 4 is 69.0 Å². The van der Waals surface area contributed by atoms with Gasteiger partial charge in [-0.05, 0) is 83.7 Å². The fraction of sp³-hybridized carbons (Fsp3) is 0.0606. The van der Waals surface area contributed by atoms with E-state index >= 15 is 0 Å². The zero-order chi connectivity index (χ0) is 28.6. The fourth-order valence-electron chi connectivity index (χ4n) is 4.04. The van der Waals surface area contributed by atoms with Crippen LogP contribution in [-0.2, 0) is 9.59 Å². The molecule has 5 aromatic rings. The van der Waals surface area contributed by atoms with Gasteiger partial charge in [0.15, 0.2) is 0 Å². The van der Waals surface area contributed by atoms with Crippen molar-refractivity contribution in [2.75, 3.05) is 10.6 Å². The Balaban J connectivity index is 1.21. The summed E-state index contributed by atoms with van der Waals surface area (Å²) in [5.74, 6) is -0.905. The minimum Gasteiger partial charge on any atom is -0.325 e. The number of thiophene rings is 1. The minimum atomic E-state index is -0.439. The second-order valence-electron chi connectivity index (χ2n) is 9.18. The van der Waals surface area contributed by atoms with Gasteiger partial charge in [-0.25, -0.2) is 0 Å². The van der Waals surface area contributed by atoms with E-state index in [0.29, 0.717) is 11.3 Å². The van der Waals surface area contributed by atoms with E-state index in [0.717, 1.165) is 26.2 Å². The van der Waals surface area contributed by atoms with Crippen LogP contribution in [0.25, 0.3) is 16.8 Å². The predicted molar refractivity (Wildman–Crippen MR) is 169 cm³/mol. The number of amides is 3. The van der Waals surface area contributed by atoms with Gasteiger partial charge in [0.25, 0.3) is 11.8 Å². The molecule has 0 saturated heterocycles. The third-order valence-corrected chi connectivity index (χ3v) is 8.10. The van der Waals surface area contributed by atoms with Gasteiger partial charge in [-0.2, -0.15) is 0 Å². The molecule has 3 amide bonds. The molecule has 1 heterocycles. The van der Waals surface area contributed by atoms with Crippen molar-refractivity contribution in [1.29, 1.82) is 0 Å². The molecule has 1 atom stereocenters. The first kappa shape index (κ1) is 27.9. The SMILES string of the molecule is CC(Sc1ccc(NC(=O)/C(=C/c2cccs2)NC(=O)c2ccccc2)cc1)C(=O)Nc1ccc2ccccc2c1. The summed E-state index contributed by atoms with van der Waals surface area (Å²) in [7, 11) is 0. The van der Waals surface area contributed by atoms with Crippen LogP contribution >= 0.6 is 23.1 Å². The molecule has 4 aromatic carbocycles. The van der Waals surface area contributed by atoms with E-state index in [2.05, 4.69) is 16.0 Å². The van der Waals surface area contributed by atoms with Crippen LogP contribution in [0.3, 0.4) is 0 Å². The lowest BCUT2D eigenvalue weighted by Crippen LogP contribution is -2.30. The van der Waals surface area contributed by atoms with Crippen LogP contribution in [-0.4, -0.2) is 23.0 Å². The molecule has 0 bridgehead atoms. The van der Waals surface area contributed by atoms with E-state index in [9.17, 15) is 14.4 Å². The smallest absolute Gasteiger partial charge is 0.272 e. The lowest BCUT2D eigenvalue weighted by molar-refractivity contribution is -0.115. The highest BCUT2D eigenvalue weighted by molar-refractivity contribution is 8.00. The average Bonchev–Trinajstić information content (AvgIpc) is 3.51. The van der Waals surface area contributed by atoms with Crippen LogP contribution in [0, 0.1) is 0 Å². The zero-order valence-corrected chi connectivity index (χ0v) is 23.8. The van der Waals surface area contributed by atoms with Crippen molar-refractivity contribution in [3.05, 3.63) is 131 Å². The monoisotopic (exact) mass is 577 g/mol. The number of carbonyl (C=O) groups is 3. The first-order valence-corrected chi connectivity index (χ1v) is 14.7. The second kappa shape index (κ2) is 13.1. The van der Waals surface area contributed by atoms with Crippen LogP contribution in [0.5, 0.6) is 0 Å². The van der Waals surface area contributed by atoms with Crippen molar-refractivity contribution in [1.82, 2.24) is 5.32 Å². The molecular formula is C33H27N3O3S2. The zero-order valence-electron chi connectivity index (χ0n) is 22.2. The third kappa shape index (κ3) is 7.51. The van der Waals surface area contributed by atoms with Gasteiger partial charge < -0.3 is 16.0 Å². The van der Waals surface area contributed by atoms with Gasteiger partial charge in [-0.1, -0.05) is 54.6 Å². The molecule has 0 radical (unpaired) electrons. The van der Waals surface area contributed by atoms with Gasteiger partial charge in [0.1, 0.15) is 5.70 Å². The average molecular weight is 578 g/mol. The molecular weight excluding hydrogens is 551 g/mol. The lowest BCUT2D eigenvalue weighted by Gasteiger charge is -2.14. The van der Waals surface area contributed by atoms with E-state index in [1.807, 2.05) is 85.1 Å². The van der Waals surface area contributed by atoms with E-state index in [-0.39, 0.29) is 22.8 Å². The fourth-order valence-corrected chi connectivity index (χ4v) is 5.57. The molecule has 204 valence electrons. The number of hydrogen-bond acceptors (Lipinski definition) is 5. The molecule has 0 saturated carbocycles. The molecule has 0 fully saturated rings. The van der Waals surface area contributed by atoms with Gasteiger partial charge in [-0.3, -0.25) is 14.4 Å². The number of thioether (sulfide) groups is 1. The van der Waals surface area contributed by atoms with Crippen molar-refractivity contribution in [2.24, 2.45) is 0 Å². The number of fused-ring (bicyclic) bond motifs is 1. The van der Waals surface area contributed by atoms with Crippen LogP contribution in [0.1, 0.15) is 22.2 Å². The first-order chi connectivity index (χ1) is 19.9. The highest BCUT2D eigenvalue weighted by Crippen LogP contribution is 2.27. The third-order valence-electron chi connectivity index (χ3n) is 6.17. The van der Waals surface area contributed by atoms with Gasteiger partial charge in [0.05, 0.1) is 5.25 Å². The van der Waals surface area contributed by atoms with Gasteiger partial charge in [0, 0.05) is 26.7 Å². The normalized spacial score (nSPS) is 12.0. The summed E-state index contributed by atoms with van der Waals surface area (Å²) >= 11 is 2.89. The van der Waals surface area contributed by atoms with E-state index < -0.39 is 5.91 Å². The second-order valence-corrected chi connectivity index (χ2v) is 11.6. The Morgan fingerprint density at radius 3 is 2.20 bits per heavy atom. The molecule has 5 rings (SSSR count). The molecule has 1 unspecified atom stereocenters. The van der Waals surface area contributed by atoms with E-state index in [4.69, 9.17) is 0 Å². The Labute approximate surface area is 246 Å². The molecule has 0 spiro atoms. The summed E-state index contributed by atoms with van der Waals surface area (Å²) in [4.78, 5) is 40.5. The summed E-state index contributed by atoms with van der Waals surface area (Å²) in [6.45, 7) is 1.85. The molecule has 0 aliphatic rings. The van der Waals surface area contributed by atoms with E-state index in [1.54, 1.807) is 42.5 Å². The molecule has 0 aliphatic heterocycles. The van der Waals surface area contributed by atoms with Crippen molar-refractivity contribution in [3.8, 4) is 0 Å². The van der Waals surface area contributed by atoms with Gasteiger partial charge in [0.2, 0.25) is 5.91 Å². The van der Waals surface area contributed by atoms with E-state index in [1.165, 1.54) is 23.1 Å². The highest BCUT2D eigenvalue weighted by atomic mass is 32.2. The molecule has 6 nitrogen and oxygen atoms in total. The largest absolute Gasteiger partial charge is 0.325 e. The van der Waals surface area contributed by atoms with Crippen molar-refractivity contribution in [2.45, 2.75) is 17.1 Å². The predicted octanol–water partition coefficient (Wildman–Crippen LogP) is 7.43. The van der Waals surface area contributed by atoms with Crippen molar-refractivity contribution < 1.29 is 14.4 Å². The van der Waals surface area contributed by atoms with Gasteiger partial charge >= 0.3 is 0 Å². The van der Waals surface area contributed by atoms with Crippen LogP contribution in [0.2, 0.25) is 0 Å². The quantitative estimate of drug-likeness (QED) is 0.126. The summed E-state index contributed by atoms with van der Waals surface area (Å²) in [5.41, 5.74) is 1.92. The summed E-state index contributed by atoms with van der Waals surface area (Å²) in [5, 5.41) is 12.3. The Morgan fingerprint density at radius 2 is 1.46 bits per heavy atom. The Kier molecular flexibility index (Phi) is 8.93. The maximum absolute atomic E-state index is 13.2. The topological polar surface area (TPSA) is 87.3 Å². The minimum absolute atomic E-state index is 0.0971. The number of hydrogen-bond donors (Lipinski definition) is 3. The summed E-state index contributed by atoms with van der Waals surface area (Å²) < 4.78 is 0. The molecule has 8 heteroatoms. The van der Waals surface area contributed by atoms with Crippen LogP contribution in [0.4, 0.5) is 11.4 Å². The molecule has 0 aliphatic carbocycles. The van der Waals surface area contributed by atoms with Crippen LogP contribution < -0.4 is 16.0 Å². The standard InChI is InChI=1S/C33H27N3O3S2/c1-22(31(37)35-27-14-13-23-8-5-6-11-25(23)20-27)41-28-17-15-26(16-18-28)34-33(39)30(21-29-12-7-19-40-29)36-32(38)24-9-3-2-4-10-24/h2-22H,1H3,(H,34,39)(H,35,37)(H,36,38)/b30-21-. The molecule has 41 heavy (non-hydrogen) atoms. The van der Waals surface area contributed by atoms with Crippen LogP contribution in [0.15, 0.2) is 125 Å². The maximum Gasteiger partial charge on any atom is 0.272 e. The number of benzene rings is 4. The lowest BCUT2D eigenvalue weighted by atomic mass is 10.1. The number of carbonyl (C=O) groups excluding carboxylic acids is 3. The Bertz CT molecular complexity index is 1700. The van der Waals surface area contributed by atoms with Crippen molar-refractivity contribution in [3.63, 3.8) is 0 Å². The summed E-state index contributed by atoms with van der Waals surface area (Å²) in [6.07, 6.45) is 1.65.